The third-order valence-electron chi connectivity index (χ3n) is 1.89. The van der Waals surface area contributed by atoms with Crippen molar-refractivity contribution in [2.24, 2.45) is 0 Å². The number of rotatable bonds is 3. The van der Waals surface area contributed by atoms with Crippen molar-refractivity contribution in [3.63, 3.8) is 0 Å². The molecule has 0 aromatic heterocycles. The maximum Gasteiger partial charge on any atom is 0.319 e. The number of benzene rings is 1. The smallest absolute Gasteiger partial charge is 0.319 e. The summed E-state index contributed by atoms with van der Waals surface area (Å²) in [6.07, 6.45) is 1.88. The van der Waals surface area contributed by atoms with Gasteiger partial charge in [-0.05, 0) is 26.0 Å². The van der Waals surface area contributed by atoms with Crippen LogP contribution in [0, 0.1) is 5.82 Å². The van der Waals surface area contributed by atoms with Crippen LogP contribution < -0.4 is 10.6 Å². The van der Waals surface area contributed by atoms with E-state index in [1.807, 2.05) is 19.9 Å². The number of urea groups is 1. The highest BCUT2D eigenvalue weighted by atomic mass is 19.1. The Kier molecular flexibility index (Phi) is 4.51. The summed E-state index contributed by atoms with van der Waals surface area (Å²) >= 11 is 0. The van der Waals surface area contributed by atoms with Crippen LogP contribution in [0.4, 0.5) is 14.9 Å². The van der Waals surface area contributed by atoms with Gasteiger partial charge in [0.15, 0.2) is 0 Å². The quantitative estimate of drug-likeness (QED) is 0.758. The van der Waals surface area contributed by atoms with Crippen molar-refractivity contribution in [2.45, 2.75) is 13.8 Å². The number of carbonyl (C=O) groups is 1. The van der Waals surface area contributed by atoms with Crippen LogP contribution >= 0.6 is 0 Å². The fourth-order valence-electron chi connectivity index (χ4n) is 1.08. The van der Waals surface area contributed by atoms with Crippen LogP contribution in [0.3, 0.4) is 0 Å². The molecule has 0 fully saturated rings. The number of para-hydroxylation sites is 1. The molecule has 1 aromatic rings. The predicted octanol–water partition coefficient (Wildman–Crippen LogP) is 2.91. The number of halogens is 1. The molecule has 0 heterocycles. The second-order valence-corrected chi connectivity index (χ2v) is 3.60. The van der Waals surface area contributed by atoms with Gasteiger partial charge < -0.3 is 10.6 Å². The third-order valence-corrected chi connectivity index (χ3v) is 1.89. The van der Waals surface area contributed by atoms with Crippen molar-refractivity contribution < 1.29 is 9.18 Å². The summed E-state index contributed by atoms with van der Waals surface area (Å²) in [5.74, 6) is -0.445. The molecule has 16 heavy (non-hydrogen) atoms. The summed E-state index contributed by atoms with van der Waals surface area (Å²) < 4.78 is 13.1. The Morgan fingerprint density at radius 3 is 2.69 bits per heavy atom. The molecular weight excluding hydrogens is 207 g/mol. The van der Waals surface area contributed by atoms with Crippen LogP contribution in [0.1, 0.15) is 13.8 Å². The normalized spacial score (nSPS) is 9.44. The zero-order valence-corrected chi connectivity index (χ0v) is 9.38. The summed E-state index contributed by atoms with van der Waals surface area (Å²) in [7, 11) is 0. The van der Waals surface area contributed by atoms with Gasteiger partial charge in [-0.3, -0.25) is 0 Å². The van der Waals surface area contributed by atoms with Crippen molar-refractivity contribution in [3.8, 4) is 0 Å². The van der Waals surface area contributed by atoms with Crippen LogP contribution in [-0.4, -0.2) is 12.6 Å². The Labute approximate surface area is 94.4 Å². The van der Waals surface area contributed by atoms with Gasteiger partial charge in [0, 0.05) is 6.54 Å². The Morgan fingerprint density at radius 2 is 2.06 bits per heavy atom. The molecule has 2 amide bonds. The standard InChI is InChI=1S/C12H15FN2O/c1-9(2)7-8-14-12(16)15-11-6-4-3-5-10(11)13/h3-7H,8H2,1-2H3,(H2,14,15,16). The molecule has 0 radical (unpaired) electrons. The lowest BCUT2D eigenvalue weighted by atomic mass is 10.3. The van der Waals surface area contributed by atoms with Gasteiger partial charge in [0.2, 0.25) is 0 Å². The molecule has 0 aliphatic carbocycles. The van der Waals surface area contributed by atoms with E-state index < -0.39 is 11.8 Å². The van der Waals surface area contributed by atoms with Gasteiger partial charge in [-0.15, -0.1) is 0 Å². The van der Waals surface area contributed by atoms with Gasteiger partial charge in [-0.1, -0.05) is 23.8 Å². The molecule has 2 N–H and O–H groups in total. The summed E-state index contributed by atoms with van der Waals surface area (Å²) in [6.45, 7) is 4.31. The molecule has 86 valence electrons. The molecule has 0 unspecified atom stereocenters. The van der Waals surface area contributed by atoms with Crippen LogP contribution in [0.2, 0.25) is 0 Å². The summed E-state index contributed by atoms with van der Waals surface area (Å²) in [4.78, 5) is 11.3. The zero-order chi connectivity index (χ0) is 12.0. The van der Waals surface area contributed by atoms with Crippen molar-refractivity contribution in [3.05, 3.63) is 41.7 Å². The lowest BCUT2D eigenvalue weighted by Gasteiger charge is -2.06. The number of amides is 2. The first-order valence-corrected chi connectivity index (χ1v) is 5.02. The van der Waals surface area contributed by atoms with Crippen LogP contribution in [-0.2, 0) is 0 Å². The number of hydrogen-bond acceptors (Lipinski definition) is 1. The average Bonchev–Trinajstić information content (AvgIpc) is 2.21. The molecule has 1 rings (SSSR count). The maximum absolute atomic E-state index is 13.1. The van der Waals surface area contributed by atoms with Gasteiger partial charge in [0.05, 0.1) is 5.69 Å². The SMILES string of the molecule is CC(C)=CCNC(=O)Nc1ccccc1F. The summed E-state index contributed by atoms with van der Waals surface area (Å²) in [6, 6.07) is 5.63. The molecule has 0 bridgehead atoms. The van der Waals surface area contributed by atoms with E-state index in [2.05, 4.69) is 10.6 Å². The van der Waals surface area contributed by atoms with Crippen LogP contribution in [0.15, 0.2) is 35.9 Å². The van der Waals surface area contributed by atoms with Crippen molar-refractivity contribution in [2.75, 3.05) is 11.9 Å². The van der Waals surface area contributed by atoms with Gasteiger partial charge >= 0.3 is 6.03 Å². The van der Waals surface area contributed by atoms with Crippen LogP contribution in [0.5, 0.6) is 0 Å². The fraction of sp³-hybridized carbons (Fsp3) is 0.250. The minimum atomic E-state index is -0.445. The largest absolute Gasteiger partial charge is 0.334 e. The van der Waals surface area contributed by atoms with Gasteiger partial charge in [-0.25, -0.2) is 9.18 Å². The van der Waals surface area contributed by atoms with Crippen molar-refractivity contribution in [1.82, 2.24) is 5.32 Å². The lowest BCUT2D eigenvalue weighted by Crippen LogP contribution is -2.29. The first-order chi connectivity index (χ1) is 7.59. The van der Waals surface area contributed by atoms with E-state index in [4.69, 9.17) is 0 Å². The molecule has 0 aliphatic heterocycles. The van der Waals surface area contributed by atoms with E-state index in [1.54, 1.807) is 12.1 Å². The van der Waals surface area contributed by atoms with Crippen molar-refractivity contribution in [1.29, 1.82) is 0 Å². The summed E-state index contributed by atoms with van der Waals surface area (Å²) in [5.41, 5.74) is 1.29. The highest BCUT2D eigenvalue weighted by molar-refractivity contribution is 5.89. The minimum absolute atomic E-state index is 0.178. The predicted molar refractivity (Wildman–Crippen MR) is 62.9 cm³/mol. The topological polar surface area (TPSA) is 41.1 Å². The molecule has 0 atom stereocenters. The molecule has 0 spiro atoms. The molecule has 0 saturated heterocycles. The van der Waals surface area contributed by atoms with E-state index in [0.717, 1.165) is 5.57 Å². The molecule has 0 saturated carbocycles. The highest BCUT2D eigenvalue weighted by Crippen LogP contribution is 2.11. The van der Waals surface area contributed by atoms with E-state index in [-0.39, 0.29) is 5.69 Å². The monoisotopic (exact) mass is 222 g/mol. The first kappa shape index (κ1) is 12.2. The molecule has 4 heteroatoms. The lowest BCUT2D eigenvalue weighted by molar-refractivity contribution is 0.253. The molecular formula is C12H15FN2O. The Hall–Kier alpha value is -1.84. The molecule has 3 nitrogen and oxygen atoms in total. The second-order valence-electron chi connectivity index (χ2n) is 3.60. The molecule has 0 aliphatic rings. The minimum Gasteiger partial charge on any atom is -0.334 e. The van der Waals surface area contributed by atoms with Gasteiger partial charge in [0.1, 0.15) is 5.82 Å². The average molecular weight is 222 g/mol. The zero-order valence-electron chi connectivity index (χ0n) is 9.38. The Balaban J connectivity index is 2.46. The number of nitrogens with one attached hydrogen (secondary N) is 2. The third kappa shape index (κ3) is 4.13. The van der Waals surface area contributed by atoms with Gasteiger partial charge in [-0.2, -0.15) is 0 Å². The van der Waals surface area contributed by atoms with Gasteiger partial charge in [0.25, 0.3) is 0 Å². The number of anilines is 1. The van der Waals surface area contributed by atoms with Crippen molar-refractivity contribution >= 4 is 11.7 Å². The van der Waals surface area contributed by atoms with E-state index in [0.29, 0.717) is 6.54 Å². The Bertz CT molecular complexity index is 398. The van der Waals surface area contributed by atoms with Crippen LogP contribution in [0.25, 0.3) is 0 Å². The fourth-order valence-corrected chi connectivity index (χ4v) is 1.08. The molecule has 1 aromatic carbocycles. The van der Waals surface area contributed by atoms with E-state index >= 15 is 0 Å². The van der Waals surface area contributed by atoms with E-state index in [9.17, 15) is 9.18 Å². The maximum atomic E-state index is 13.1. The Morgan fingerprint density at radius 1 is 1.38 bits per heavy atom. The second kappa shape index (κ2) is 5.90. The highest BCUT2D eigenvalue weighted by Gasteiger charge is 2.03. The number of hydrogen-bond donors (Lipinski definition) is 2. The number of allylic oxidation sites excluding steroid dienone is 1. The number of carbonyl (C=O) groups excluding carboxylic acids is 1. The first-order valence-electron chi connectivity index (χ1n) is 5.02. The van der Waals surface area contributed by atoms with E-state index in [1.165, 1.54) is 12.1 Å². The summed E-state index contributed by atoms with van der Waals surface area (Å²) in [5, 5.41) is 5.03.